The van der Waals surface area contributed by atoms with Gasteiger partial charge in [-0.15, -0.1) is 0 Å². The molecule has 30 heavy (non-hydrogen) atoms. The van der Waals surface area contributed by atoms with E-state index in [9.17, 15) is 24.5 Å². The molecule has 10 nitrogen and oxygen atoms in total. The summed E-state index contributed by atoms with van der Waals surface area (Å²) in [6, 6.07) is 10.4. The number of carboxylic acid groups (broad SMARTS) is 1. The molecule has 0 aromatic heterocycles. The SMILES string of the molecule is CN1C(=O)N[C@H](c2cccc([N+](=O)[O-])c2)C2=C1CN(c1ccc(C(=O)O)cc1)C2=O. The molecule has 0 saturated heterocycles. The first-order valence-electron chi connectivity index (χ1n) is 8.94. The van der Waals surface area contributed by atoms with Gasteiger partial charge in [0, 0.05) is 24.9 Å². The van der Waals surface area contributed by atoms with Gasteiger partial charge in [0.15, 0.2) is 0 Å². The van der Waals surface area contributed by atoms with Gasteiger partial charge < -0.3 is 15.3 Å². The summed E-state index contributed by atoms with van der Waals surface area (Å²) < 4.78 is 0. The van der Waals surface area contributed by atoms with Crippen molar-refractivity contribution in [2.45, 2.75) is 6.04 Å². The molecule has 4 rings (SSSR count). The van der Waals surface area contributed by atoms with Gasteiger partial charge in [0.05, 0.1) is 34.3 Å². The molecule has 0 spiro atoms. The molecule has 0 unspecified atom stereocenters. The third kappa shape index (κ3) is 3.04. The number of aromatic carboxylic acids is 1. The molecule has 0 bridgehead atoms. The number of nitro benzene ring substituents is 1. The molecule has 2 aliphatic rings. The minimum Gasteiger partial charge on any atom is -0.478 e. The number of nitrogens with one attached hydrogen (secondary N) is 1. The quantitative estimate of drug-likeness (QED) is 0.589. The Balaban J connectivity index is 1.73. The van der Waals surface area contributed by atoms with E-state index in [0.29, 0.717) is 22.5 Å². The van der Waals surface area contributed by atoms with Gasteiger partial charge in [-0.25, -0.2) is 9.59 Å². The molecular weight excluding hydrogens is 392 g/mol. The standard InChI is InChI=1S/C20H16N4O6/c1-22-15-10-23(13-7-5-11(6-8-13)19(26)27)18(25)16(15)17(21-20(22)28)12-3-2-4-14(9-12)24(29)30/h2-9,17H,10H2,1H3,(H,21,28)(H,26,27)/t17-/m1/s1. The van der Waals surface area contributed by atoms with Gasteiger partial charge in [0.25, 0.3) is 11.6 Å². The van der Waals surface area contributed by atoms with E-state index in [1.165, 1.54) is 52.3 Å². The average Bonchev–Trinajstić information content (AvgIpc) is 3.08. The highest BCUT2D eigenvalue weighted by atomic mass is 16.6. The maximum Gasteiger partial charge on any atom is 0.335 e. The molecule has 1 atom stereocenters. The highest BCUT2D eigenvalue weighted by Gasteiger charge is 2.43. The normalized spacial score (nSPS) is 18.4. The van der Waals surface area contributed by atoms with Crippen LogP contribution in [0.5, 0.6) is 0 Å². The highest BCUT2D eigenvalue weighted by Crippen LogP contribution is 2.38. The molecule has 2 heterocycles. The molecule has 2 aromatic rings. The molecular formula is C20H16N4O6. The lowest BCUT2D eigenvalue weighted by Gasteiger charge is -2.30. The monoisotopic (exact) mass is 408 g/mol. The molecule has 2 aliphatic heterocycles. The van der Waals surface area contributed by atoms with Crippen LogP contribution in [0, 0.1) is 10.1 Å². The lowest BCUT2D eigenvalue weighted by Crippen LogP contribution is -2.45. The van der Waals surface area contributed by atoms with E-state index >= 15 is 0 Å². The lowest BCUT2D eigenvalue weighted by molar-refractivity contribution is -0.384. The molecule has 0 fully saturated rings. The Bertz CT molecular complexity index is 1120. The maximum atomic E-state index is 13.3. The van der Waals surface area contributed by atoms with Gasteiger partial charge in [-0.3, -0.25) is 19.8 Å². The topological polar surface area (TPSA) is 133 Å². The minimum atomic E-state index is -1.08. The molecule has 0 aliphatic carbocycles. The van der Waals surface area contributed by atoms with Gasteiger partial charge in [-0.05, 0) is 29.8 Å². The van der Waals surface area contributed by atoms with Crippen LogP contribution in [0.2, 0.25) is 0 Å². The van der Waals surface area contributed by atoms with Crippen molar-refractivity contribution in [2.75, 3.05) is 18.5 Å². The number of amides is 3. The first-order chi connectivity index (χ1) is 14.3. The Morgan fingerprint density at radius 3 is 2.53 bits per heavy atom. The second-order valence-corrected chi connectivity index (χ2v) is 6.90. The molecule has 10 heteroatoms. The first kappa shape index (κ1) is 19.1. The van der Waals surface area contributed by atoms with Crippen LogP contribution >= 0.6 is 0 Å². The number of nitro groups is 1. The Labute approximate surface area is 170 Å². The van der Waals surface area contributed by atoms with Gasteiger partial charge in [-0.1, -0.05) is 12.1 Å². The fraction of sp³-hybridized carbons (Fsp3) is 0.150. The van der Waals surface area contributed by atoms with Crippen molar-refractivity contribution in [2.24, 2.45) is 0 Å². The molecule has 3 amide bonds. The van der Waals surface area contributed by atoms with Crippen LogP contribution in [-0.2, 0) is 4.79 Å². The van der Waals surface area contributed by atoms with Crippen molar-refractivity contribution in [1.29, 1.82) is 0 Å². The van der Waals surface area contributed by atoms with E-state index < -0.39 is 23.0 Å². The van der Waals surface area contributed by atoms with Crippen molar-refractivity contribution >= 4 is 29.3 Å². The van der Waals surface area contributed by atoms with E-state index in [1.54, 1.807) is 13.1 Å². The van der Waals surface area contributed by atoms with Crippen molar-refractivity contribution in [3.05, 3.63) is 81.0 Å². The van der Waals surface area contributed by atoms with E-state index in [-0.39, 0.29) is 23.7 Å². The minimum absolute atomic E-state index is 0.0894. The second-order valence-electron chi connectivity index (χ2n) is 6.90. The Kier molecular flexibility index (Phi) is 4.46. The molecule has 0 saturated carbocycles. The largest absolute Gasteiger partial charge is 0.478 e. The number of carbonyl (C=O) groups excluding carboxylic acids is 2. The van der Waals surface area contributed by atoms with E-state index in [4.69, 9.17) is 5.11 Å². The summed E-state index contributed by atoms with van der Waals surface area (Å²) in [6.45, 7) is 0.121. The number of anilines is 1. The maximum absolute atomic E-state index is 13.3. The van der Waals surface area contributed by atoms with Gasteiger partial charge in [-0.2, -0.15) is 0 Å². The summed E-state index contributed by atoms with van der Waals surface area (Å²) in [6.07, 6.45) is 0. The Morgan fingerprint density at radius 1 is 1.20 bits per heavy atom. The molecule has 2 aromatic carbocycles. The zero-order valence-corrected chi connectivity index (χ0v) is 15.7. The number of hydrogen-bond donors (Lipinski definition) is 2. The number of non-ortho nitro benzene ring substituents is 1. The van der Waals surface area contributed by atoms with Crippen LogP contribution in [0.25, 0.3) is 0 Å². The van der Waals surface area contributed by atoms with Gasteiger partial charge in [0.1, 0.15) is 0 Å². The summed E-state index contributed by atoms with van der Waals surface area (Å²) in [5.41, 5.74) is 1.66. The number of carbonyl (C=O) groups is 3. The van der Waals surface area contributed by atoms with E-state index in [0.717, 1.165) is 0 Å². The molecule has 0 radical (unpaired) electrons. The number of rotatable bonds is 4. The van der Waals surface area contributed by atoms with Crippen molar-refractivity contribution < 1.29 is 24.4 Å². The summed E-state index contributed by atoms with van der Waals surface area (Å²) in [5.74, 6) is -1.44. The predicted molar refractivity (Wildman–Crippen MR) is 105 cm³/mol. The fourth-order valence-electron chi connectivity index (χ4n) is 3.63. The Morgan fingerprint density at radius 2 is 1.90 bits per heavy atom. The zero-order valence-electron chi connectivity index (χ0n) is 15.7. The molecule has 152 valence electrons. The van der Waals surface area contributed by atoms with Crippen molar-refractivity contribution in [1.82, 2.24) is 10.2 Å². The van der Waals surface area contributed by atoms with E-state index in [1.807, 2.05) is 0 Å². The average molecular weight is 408 g/mol. The van der Waals surface area contributed by atoms with Crippen LogP contribution < -0.4 is 10.2 Å². The van der Waals surface area contributed by atoms with Gasteiger partial charge >= 0.3 is 12.0 Å². The third-order valence-electron chi connectivity index (χ3n) is 5.20. The fourth-order valence-corrected chi connectivity index (χ4v) is 3.63. The van der Waals surface area contributed by atoms with Crippen LogP contribution in [0.3, 0.4) is 0 Å². The second kappa shape index (κ2) is 6.99. The predicted octanol–water partition coefficient (Wildman–Crippen LogP) is 2.29. The molecule has 2 N–H and O–H groups in total. The number of nitrogens with zero attached hydrogens (tertiary/aromatic N) is 3. The number of likely N-dealkylation sites (N-methyl/N-ethyl adjacent to an activating group) is 1. The lowest BCUT2D eigenvalue weighted by atomic mass is 9.95. The van der Waals surface area contributed by atoms with Crippen molar-refractivity contribution in [3.8, 4) is 0 Å². The number of carboxylic acids is 1. The van der Waals surface area contributed by atoms with Crippen LogP contribution in [-0.4, -0.2) is 46.4 Å². The first-order valence-corrected chi connectivity index (χ1v) is 8.94. The summed E-state index contributed by atoms with van der Waals surface area (Å²) >= 11 is 0. The van der Waals surface area contributed by atoms with Crippen LogP contribution in [0.4, 0.5) is 16.2 Å². The zero-order chi connectivity index (χ0) is 21.6. The summed E-state index contributed by atoms with van der Waals surface area (Å²) in [7, 11) is 1.54. The number of benzene rings is 2. The third-order valence-corrected chi connectivity index (χ3v) is 5.20. The smallest absolute Gasteiger partial charge is 0.335 e. The Hall–Kier alpha value is -4.21. The summed E-state index contributed by atoms with van der Waals surface area (Å²) in [5, 5.41) is 22.9. The van der Waals surface area contributed by atoms with E-state index in [2.05, 4.69) is 5.32 Å². The van der Waals surface area contributed by atoms with Crippen LogP contribution in [0.15, 0.2) is 59.8 Å². The van der Waals surface area contributed by atoms with Gasteiger partial charge in [0.2, 0.25) is 0 Å². The number of hydrogen-bond acceptors (Lipinski definition) is 5. The van der Waals surface area contributed by atoms with Crippen molar-refractivity contribution in [3.63, 3.8) is 0 Å². The summed E-state index contributed by atoms with van der Waals surface area (Å²) in [4.78, 5) is 50.2. The highest BCUT2D eigenvalue weighted by molar-refractivity contribution is 6.11. The van der Waals surface area contributed by atoms with Crippen LogP contribution in [0.1, 0.15) is 22.0 Å². The number of urea groups is 1.